The van der Waals surface area contributed by atoms with Crippen LogP contribution < -0.4 is 10.6 Å². The quantitative estimate of drug-likeness (QED) is 0.836. The fourth-order valence-electron chi connectivity index (χ4n) is 1.68. The molecule has 0 heterocycles. The molecule has 17 heavy (non-hydrogen) atoms. The van der Waals surface area contributed by atoms with E-state index in [1.165, 1.54) is 0 Å². The predicted molar refractivity (Wildman–Crippen MR) is 75.3 cm³/mol. The lowest BCUT2D eigenvalue weighted by Crippen LogP contribution is -2.37. The summed E-state index contributed by atoms with van der Waals surface area (Å²) in [6.45, 7) is 5.74. The number of hydrogen-bond acceptors (Lipinski definition) is 2. The first-order chi connectivity index (χ1) is 7.82. The van der Waals surface area contributed by atoms with Crippen LogP contribution in [0.1, 0.15) is 18.1 Å². The third-order valence-electron chi connectivity index (χ3n) is 2.72. The highest BCUT2D eigenvalue weighted by atomic mass is 32.1. The SMILES string of the molecule is Cc1cc(C)cc(N(C)C(=O)C(C)C(N)=S)c1. The van der Waals surface area contributed by atoms with Gasteiger partial charge in [-0.05, 0) is 44.0 Å². The maximum Gasteiger partial charge on any atom is 0.236 e. The standard InChI is InChI=1S/C13H18N2OS/c1-8-5-9(2)7-11(6-8)15(4)13(16)10(3)12(14)17/h5-7,10H,1-4H3,(H2,14,17). The van der Waals surface area contributed by atoms with Gasteiger partial charge in [0.1, 0.15) is 0 Å². The lowest BCUT2D eigenvalue weighted by molar-refractivity contribution is -0.119. The number of aryl methyl sites for hydroxylation is 2. The molecule has 4 heteroatoms. The lowest BCUT2D eigenvalue weighted by Gasteiger charge is -2.21. The molecule has 3 nitrogen and oxygen atoms in total. The summed E-state index contributed by atoms with van der Waals surface area (Å²) in [5, 5.41) is 0. The highest BCUT2D eigenvalue weighted by Crippen LogP contribution is 2.19. The Balaban J connectivity index is 3.00. The Labute approximate surface area is 108 Å². The molecular formula is C13H18N2OS. The number of amides is 1. The molecule has 1 rings (SSSR count). The molecule has 0 aliphatic rings. The van der Waals surface area contributed by atoms with Crippen LogP contribution in [0.5, 0.6) is 0 Å². The molecule has 1 unspecified atom stereocenters. The fraction of sp³-hybridized carbons (Fsp3) is 0.385. The van der Waals surface area contributed by atoms with Crippen LogP contribution in [0.4, 0.5) is 5.69 Å². The summed E-state index contributed by atoms with van der Waals surface area (Å²) in [6, 6.07) is 6.01. The molecule has 0 aliphatic carbocycles. The number of nitrogens with zero attached hydrogens (tertiary/aromatic N) is 1. The van der Waals surface area contributed by atoms with E-state index < -0.39 is 5.92 Å². The minimum atomic E-state index is -0.434. The first-order valence-electron chi connectivity index (χ1n) is 5.48. The van der Waals surface area contributed by atoms with Gasteiger partial charge >= 0.3 is 0 Å². The molecule has 0 spiro atoms. The second-order valence-corrected chi connectivity index (χ2v) is 4.84. The Morgan fingerprint density at radius 3 is 2.18 bits per heavy atom. The Kier molecular flexibility index (Phi) is 4.23. The van der Waals surface area contributed by atoms with E-state index in [4.69, 9.17) is 18.0 Å². The van der Waals surface area contributed by atoms with Crippen molar-refractivity contribution in [1.82, 2.24) is 0 Å². The van der Waals surface area contributed by atoms with E-state index in [1.54, 1.807) is 18.9 Å². The van der Waals surface area contributed by atoms with Gasteiger partial charge in [-0.1, -0.05) is 18.3 Å². The lowest BCUT2D eigenvalue weighted by atomic mass is 10.1. The van der Waals surface area contributed by atoms with E-state index in [0.29, 0.717) is 0 Å². The number of anilines is 1. The highest BCUT2D eigenvalue weighted by molar-refractivity contribution is 7.80. The molecule has 0 saturated carbocycles. The van der Waals surface area contributed by atoms with Crippen LogP contribution in [-0.2, 0) is 4.79 Å². The van der Waals surface area contributed by atoms with Gasteiger partial charge < -0.3 is 10.6 Å². The van der Waals surface area contributed by atoms with Crippen molar-refractivity contribution in [3.63, 3.8) is 0 Å². The highest BCUT2D eigenvalue weighted by Gasteiger charge is 2.20. The average molecular weight is 250 g/mol. The van der Waals surface area contributed by atoms with Crippen molar-refractivity contribution in [2.24, 2.45) is 11.7 Å². The van der Waals surface area contributed by atoms with Gasteiger partial charge in [0.25, 0.3) is 0 Å². The van der Waals surface area contributed by atoms with E-state index in [1.807, 2.05) is 26.0 Å². The molecule has 0 saturated heterocycles. The smallest absolute Gasteiger partial charge is 0.236 e. The summed E-state index contributed by atoms with van der Waals surface area (Å²) in [4.78, 5) is 13.9. The molecule has 0 radical (unpaired) electrons. The summed E-state index contributed by atoms with van der Waals surface area (Å²) in [6.07, 6.45) is 0. The first kappa shape index (κ1) is 13.6. The van der Waals surface area contributed by atoms with Gasteiger partial charge in [0.05, 0.1) is 10.9 Å². The van der Waals surface area contributed by atoms with Crippen LogP contribution >= 0.6 is 12.2 Å². The Bertz CT molecular complexity index is 436. The van der Waals surface area contributed by atoms with E-state index in [0.717, 1.165) is 16.8 Å². The van der Waals surface area contributed by atoms with E-state index >= 15 is 0 Å². The first-order valence-corrected chi connectivity index (χ1v) is 5.89. The van der Waals surface area contributed by atoms with Crippen molar-refractivity contribution < 1.29 is 4.79 Å². The van der Waals surface area contributed by atoms with Crippen LogP contribution in [0.2, 0.25) is 0 Å². The van der Waals surface area contributed by atoms with Gasteiger partial charge in [-0.2, -0.15) is 0 Å². The molecule has 1 aromatic rings. The topological polar surface area (TPSA) is 46.3 Å². The summed E-state index contributed by atoms with van der Waals surface area (Å²) in [5.41, 5.74) is 8.62. The van der Waals surface area contributed by atoms with Crippen molar-refractivity contribution in [2.75, 3.05) is 11.9 Å². The minimum Gasteiger partial charge on any atom is -0.393 e. The van der Waals surface area contributed by atoms with Gasteiger partial charge in [0, 0.05) is 12.7 Å². The van der Waals surface area contributed by atoms with Crippen molar-refractivity contribution in [3.05, 3.63) is 29.3 Å². The number of benzene rings is 1. The number of nitrogens with two attached hydrogens (primary N) is 1. The molecule has 0 fully saturated rings. The summed E-state index contributed by atoms with van der Waals surface area (Å²) in [7, 11) is 1.74. The Morgan fingerprint density at radius 1 is 1.29 bits per heavy atom. The molecule has 1 aromatic carbocycles. The van der Waals surface area contributed by atoms with Gasteiger partial charge in [0.15, 0.2) is 0 Å². The Morgan fingerprint density at radius 2 is 1.76 bits per heavy atom. The maximum absolute atomic E-state index is 12.1. The van der Waals surface area contributed by atoms with E-state index in [2.05, 4.69) is 6.07 Å². The van der Waals surface area contributed by atoms with Crippen LogP contribution in [0.15, 0.2) is 18.2 Å². The van der Waals surface area contributed by atoms with Crippen LogP contribution in [0, 0.1) is 19.8 Å². The zero-order valence-electron chi connectivity index (χ0n) is 10.7. The van der Waals surface area contributed by atoms with E-state index in [9.17, 15) is 4.79 Å². The molecule has 1 amide bonds. The minimum absolute atomic E-state index is 0.0810. The van der Waals surface area contributed by atoms with E-state index in [-0.39, 0.29) is 10.9 Å². The van der Waals surface area contributed by atoms with Crippen LogP contribution in [0.3, 0.4) is 0 Å². The monoisotopic (exact) mass is 250 g/mol. The second-order valence-electron chi connectivity index (χ2n) is 4.37. The van der Waals surface area contributed by atoms with Crippen LogP contribution in [-0.4, -0.2) is 17.9 Å². The largest absolute Gasteiger partial charge is 0.393 e. The fourth-order valence-corrected chi connectivity index (χ4v) is 1.78. The summed E-state index contributed by atoms with van der Waals surface area (Å²) < 4.78 is 0. The molecule has 0 aromatic heterocycles. The van der Waals surface area contributed by atoms with Crippen molar-refractivity contribution >= 4 is 28.8 Å². The average Bonchev–Trinajstić information content (AvgIpc) is 2.24. The van der Waals surface area contributed by atoms with Gasteiger partial charge in [-0.25, -0.2) is 0 Å². The van der Waals surface area contributed by atoms with Gasteiger partial charge in [-0.3, -0.25) is 4.79 Å². The number of carbonyl (C=O) groups is 1. The third kappa shape index (κ3) is 3.27. The third-order valence-corrected chi connectivity index (χ3v) is 3.08. The normalized spacial score (nSPS) is 12.0. The second kappa shape index (κ2) is 5.27. The van der Waals surface area contributed by atoms with Gasteiger partial charge in [0.2, 0.25) is 5.91 Å². The molecule has 2 N–H and O–H groups in total. The van der Waals surface area contributed by atoms with Crippen molar-refractivity contribution in [3.8, 4) is 0 Å². The zero-order valence-corrected chi connectivity index (χ0v) is 11.5. The molecule has 92 valence electrons. The number of thiocarbonyl (C=S) groups is 1. The summed E-state index contributed by atoms with van der Waals surface area (Å²) >= 11 is 4.85. The number of hydrogen-bond donors (Lipinski definition) is 1. The van der Waals surface area contributed by atoms with Gasteiger partial charge in [-0.15, -0.1) is 0 Å². The van der Waals surface area contributed by atoms with Crippen molar-refractivity contribution in [2.45, 2.75) is 20.8 Å². The molecule has 1 atom stereocenters. The molecule has 0 bridgehead atoms. The zero-order chi connectivity index (χ0) is 13.2. The Hall–Kier alpha value is -1.42. The number of carbonyl (C=O) groups excluding carboxylic acids is 1. The van der Waals surface area contributed by atoms with Crippen molar-refractivity contribution in [1.29, 1.82) is 0 Å². The maximum atomic E-state index is 12.1. The molecule has 0 aliphatic heterocycles. The predicted octanol–water partition coefficient (Wildman–Crippen LogP) is 2.19. The number of rotatable bonds is 3. The summed E-state index contributed by atoms with van der Waals surface area (Å²) in [5.74, 6) is -0.515. The molecular weight excluding hydrogens is 232 g/mol. The van der Waals surface area contributed by atoms with Crippen LogP contribution in [0.25, 0.3) is 0 Å².